The number of thiazole rings is 1. The van der Waals surface area contributed by atoms with E-state index in [2.05, 4.69) is 15.6 Å². The van der Waals surface area contributed by atoms with Gasteiger partial charge in [0.25, 0.3) is 0 Å². The molecule has 8 nitrogen and oxygen atoms in total. The van der Waals surface area contributed by atoms with Gasteiger partial charge in [-0.15, -0.1) is 11.3 Å². The van der Waals surface area contributed by atoms with E-state index in [9.17, 15) is 14.4 Å². The number of carbonyl (C=O) groups excluding carboxylic acids is 3. The molecule has 0 saturated heterocycles. The van der Waals surface area contributed by atoms with Crippen LogP contribution in [0.4, 0.5) is 5.13 Å². The Kier molecular flexibility index (Phi) is 9.60. The summed E-state index contributed by atoms with van der Waals surface area (Å²) >= 11 is 1.31. The number of amides is 3. The van der Waals surface area contributed by atoms with Gasteiger partial charge in [-0.1, -0.05) is 42.5 Å². The lowest BCUT2D eigenvalue weighted by Crippen LogP contribution is -2.41. The molecule has 34 heavy (non-hydrogen) atoms. The summed E-state index contributed by atoms with van der Waals surface area (Å²) in [4.78, 5) is 43.1. The Morgan fingerprint density at radius 2 is 1.74 bits per heavy atom. The van der Waals surface area contributed by atoms with E-state index in [-0.39, 0.29) is 43.7 Å². The van der Waals surface area contributed by atoms with Crippen molar-refractivity contribution in [2.24, 2.45) is 0 Å². The highest BCUT2D eigenvalue weighted by atomic mass is 32.1. The number of nitrogens with zero attached hydrogens (tertiary/aromatic N) is 2. The quantitative estimate of drug-likeness (QED) is 0.414. The first kappa shape index (κ1) is 24.9. The van der Waals surface area contributed by atoms with Gasteiger partial charge in [-0.2, -0.15) is 0 Å². The minimum Gasteiger partial charge on any atom is -0.497 e. The van der Waals surface area contributed by atoms with Crippen molar-refractivity contribution in [1.82, 2.24) is 15.2 Å². The molecule has 0 aliphatic heterocycles. The first-order valence-electron chi connectivity index (χ1n) is 10.9. The van der Waals surface area contributed by atoms with Crippen LogP contribution in [0.25, 0.3) is 0 Å². The average Bonchev–Trinajstić information content (AvgIpc) is 3.36. The van der Waals surface area contributed by atoms with Crippen molar-refractivity contribution in [3.8, 4) is 5.75 Å². The summed E-state index contributed by atoms with van der Waals surface area (Å²) < 4.78 is 5.18. The molecule has 178 valence electrons. The maximum absolute atomic E-state index is 12.9. The minimum absolute atomic E-state index is 0.00710. The van der Waals surface area contributed by atoms with Crippen LogP contribution in [0.2, 0.25) is 0 Å². The lowest BCUT2D eigenvalue weighted by molar-refractivity contribution is -0.137. The Balaban J connectivity index is 1.56. The smallest absolute Gasteiger partial charge is 0.239 e. The zero-order valence-electron chi connectivity index (χ0n) is 19.0. The molecule has 3 amide bonds. The van der Waals surface area contributed by atoms with Gasteiger partial charge >= 0.3 is 0 Å². The molecule has 2 N–H and O–H groups in total. The van der Waals surface area contributed by atoms with Gasteiger partial charge in [0.05, 0.1) is 13.7 Å². The maximum atomic E-state index is 12.9. The van der Waals surface area contributed by atoms with Crippen LogP contribution in [0.1, 0.15) is 24.0 Å². The molecule has 0 aliphatic rings. The van der Waals surface area contributed by atoms with Gasteiger partial charge in [0.15, 0.2) is 5.13 Å². The summed E-state index contributed by atoms with van der Waals surface area (Å²) in [6, 6.07) is 17.2. The Morgan fingerprint density at radius 1 is 0.971 bits per heavy atom. The maximum Gasteiger partial charge on any atom is 0.239 e. The van der Waals surface area contributed by atoms with E-state index in [4.69, 9.17) is 4.74 Å². The fraction of sp³-hybridized carbons (Fsp3) is 0.280. The van der Waals surface area contributed by atoms with Crippen molar-refractivity contribution < 1.29 is 19.1 Å². The normalized spacial score (nSPS) is 10.4. The molecule has 0 saturated carbocycles. The highest BCUT2D eigenvalue weighted by Crippen LogP contribution is 2.15. The number of benzene rings is 2. The number of methoxy groups -OCH3 is 1. The summed E-state index contributed by atoms with van der Waals surface area (Å²) in [7, 11) is 1.58. The lowest BCUT2D eigenvalue weighted by atomic mass is 10.1. The van der Waals surface area contributed by atoms with E-state index in [0.717, 1.165) is 11.1 Å². The summed E-state index contributed by atoms with van der Waals surface area (Å²) in [5.41, 5.74) is 1.98. The number of carbonyl (C=O) groups is 3. The molecular weight excluding hydrogens is 452 g/mol. The van der Waals surface area contributed by atoms with Crippen molar-refractivity contribution in [2.45, 2.75) is 25.8 Å². The van der Waals surface area contributed by atoms with Crippen molar-refractivity contribution in [3.05, 3.63) is 77.3 Å². The zero-order chi connectivity index (χ0) is 24.2. The van der Waals surface area contributed by atoms with Crippen LogP contribution in [-0.4, -0.2) is 47.8 Å². The third kappa shape index (κ3) is 8.32. The van der Waals surface area contributed by atoms with E-state index in [1.54, 1.807) is 30.8 Å². The van der Waals surface area contributed by atoms with Crippen molar-refractivity contribution >= 4 is 34.2 Å². The van der Waals surface area contributed by atoms with Crippen LogP contribution < -0.4 is 15.4 Å². The number of hydrogen-bond donors (Lipinski definition) is 2. The van der Waals surface area contributed by atoms with Gasteiger partial charge in [-0.3, -0.25) is 14.4 Å². The summed E-state index contributed by atoms with van der Waals surface area (Å²) in [5.74, 6) is -0.104. The number of hydrogen-bond acceptors (Lipinski definition) is 6. The van der Waals surface area contributed by atoms with Gasteiger partial charge in [-0.25, -0.2) is 4.98 Å². The van der Waals surface area contributed by atoms with Gasteiger partial charge in [0.2, 0.25) is 17.7 Å². The Morgan fingerprint density at radius 3 is 2.41 bits per heavy atom. The largest absolute Gasteiger partial charge is 0.497 e. The molecule has 0 radical (unpaired) electrons. The highest BCUT2D eigenvalue weighted by molar-refractivity contribution is 7.13. The Labute approximate surface area is 203 Å². The standard InChI is InChI=1S/C25H28N4O4S/c1-33-21-9-7-20(8-10-21)17-29(18-23(31)26-14-13-19-5-3-2-4-6-19)24(32)12-11-22(30)28-25-27-15-16-34-25/h2-10,15-16H,11-14,17-18H2,1H3,(H,26,31)(H,27,28,30). The molecule has 0 bridgehead atoms. The number of anilines is 1. The van der Waals surface area contributed by atoms with Crippen LogP contribution in [0.3, 0.4) is 0 Å². The SMILES string of the molecule is COc1ccc(CN(CC(=O)NCCc2ccccc2)C(=O)CCC(=O)Nc2nccs2)cc1. The second-order valence-corrected chi connectivity index (χ2v) is 8.46. The van der Waals surface area contributed by atoms with Crippen molar-refractivity contribution in [1.29, 1.82) is 0 Å². The molecule has 0 atom stereocenters. The molecule has 0 aliphatic carbocycles. The fourth-order valence-corrected chi connectivity index (χ4v) is 3.79. The van der Waals surface area contributed by atoms with Crippen LogP contribution >= 0.6 is 11.3 Å². The van der Waals surface area contributed by atoms with Gasteiger partial charge in [-0.05, 0) is 29.7 Å². The third-order valence-electron chi connectivity index (χ3n) is 5.04. The molecular formula is C25H28N4O4S. The fourth-order valence-electron chi connectivity index (χ4n) is 3.25. The second-order valence-electron chi connectivity index (χ2n) is 7.57. The third-order valence-corrected chi connectivity index (χ3v) is 5.73. The van der Waals surface area contributed by atoms with E-state index in [0.29, 0.717) is 23.8 Å². The van der Waals surface area contributed by atoms with Crippen LogP contribution in [0.5, 0.6) is 5.75 Å². The van der Waals surface area contributed by atoms with E-state index in [1.807, 2.05) is 42.5 Å². The highest BCUT2D eigenvalue weighted by Gasteiger charge is 2.19. The lowest BCUT2D eigenvalue weighted by Gasteiger charge is -2.22. The minimum atomic E-state index is -0.292. The van der Waals surface area contributed by atoms with Gasteiger partial charge in [0, 0.05) is 37.5 Å². The molecule has 2 aromatic carbocycles. The Bertz CT molecular complexity index is 1060. The van der Waals surface area contributed by atoms with Crippen LogP contribution in [0.15, 0.2) is 66.2 Å². The number of aromatic nitrogens is 1. The molecule has 9 heteroatoms. The van der Waals surface area contributed by atoms with E-state index >= 15 is 0 Å². The summed E-state index contributed by atoms with van der Waals surface area (Å²) in [6.07, 6.45) is 2.30. The predicted octanol–water partition coefficient (Wildman–Crippen LogP) is 3.26. The van der Waals surface area contributed by atoms with Gasteiger partial charge in [0.1, 0.15) is 5.75 Å². The molecule has 3 rings (SSSR count). The van der Waals surface area contributed by atoms with E-state index in [1.165, 1.54) is 16.2 Å². The number of rotatable bonds is 12. The first-order valence-corrected chi connectivity index (χ1v) is 11.8. The van der Waals surface area contributed by atoms with Crippen LogP contribution in [-0.2, 0) is 27.3 Å². The first-order chi connectivity index (χ1) is 16.5. The number of ether oxygens (including phenoxy) is 1. The van der Waals surface area contributed by atoms with Gasteiger partial charge < -0.3 is 20.3 Å². The summed E-state index contributed by atoms with van der Waals surface area (Å²) in [5, 5.41) is 7.79. The average molecular weight is 481 g/mol. The molecule has 1 aromatic heterocycles. The van der Waals surface area contributed by atoms with Crippen molar-refractivity contribution in [2.75, 3.05) is 25.5 Å². The zero-order valence-corrected chi connectivity index (χ0v) is 19.8. The van der Waals surface area contributed by atoms with Crippen molar-refractivity contribution in [3.63, 3.8) is 0 Å². The van der Waals surface area contributed by atoms with E-state index < -0.39 is 0 Å². The van der Waals surface area contributed by atoms with Crippen LogP contribution in [0, 0.1) is 0 Å². The molecule has 1 heterocycles. The Hall–Kier alpha value is -3.72. The number of nitrogens with one attached hydrogen (secondary N) is 2. The molecule has 0 spiro atoms. The summed E-state index contributed by atoms with van der Waals surface area (Å²) in [6.45, 7) is 0.639. The molecule has 0 fully saturated rings. The monoisotopic (exact) mass is 480 g/mol. The molecule has 3 aromatic rings. The predicted molar refractivity (Wildman–Crippen MR) is 132 cm³/mol. The topological polar surface area (TPSA) is 101 Å². The second kappa shape index (κ2) is 13.1. The molecule has 0 unspecified atom stereocenters.